The minimum Gasteiger partial charge on any atom is -0.236 e. The van der Waals surface area contributed by atoms with E-state index in [4.69, 9.17) is 12.8 Å². The normalized spacial score (nSPS) is 11.0. The van der Waals surface area contributed by atoms with Gasteiger partial charge in [-0.05, 0) is 35.4 Å². The van der Waals surface area contributed by atoms with Crippen molar-refractivity contribution in [1.82, 2.24) is 4.98 Å². The summed E-state index contributed by atoms with van der Waals surface area (Å²) in [4.78, 5) is 4.72. The van der Waals surface area contributed by atoms with E-state index in [2.05, 4.69) is 6.07 Å². The maximum absolute atomic E-state index is 13.1. The van der Waals surface area contributed by atoms with Gasteiger partial charge in [-0.1, -0.05) is 47.9 Å². The van der Waals surface area contributed by atoms with E-state index in [1.54, 1.807) is 23.5 Å². The lowest BCUT2D eigenvalue weighted by molar-refractivity contribution is 0.628. The summed E-state index contributed by atoms with van der Waals surface area (Å²) in [6, 6.07) is 20.4. The predicted octanol–water partition coefficient (Wildman–Crippen LogP) is 4.56. The Bertz CT molecular complexity index is 931. The first-order valence-electron chi connectivity index (χ1n) is 7.21. The van der Waals surface area contributed by atoms with Crippen LogP contribution in [0.4, 0.5) is 4.39 Å². The fourth-order valence-electron chi connectivity index (χ4n) is 2.50. The van der Waals surface area contributed by atoms with Crippen LogP contribution in [0.3, 0.4) is 0 Å². The molecule has 0 atom stereocenters. The summed E-state index contributed by atoms with van der Waals surface area (Å²) >= 11 is 1.65. The van der Waals surface area contributed by atoms with Gasteiger partial charge in [0.2, 0.25) is 0 Å². The van der Waals surface area contributed by atoms with Crippen LogP contribution < -0.4 is 5.46 Å². The molecule has 0 bridgehead atoms. The molecule has 0 spiro atoms. The molecule has 1 nitrogen and oxygen atoms in total. The molecule has 1 aromatic heterocycles. The minimum absolute atomic E-state index is 0.228. The minimum atomic E-state index is -0.228. The molecule has 23 heavy (non-hydrogen) atoms. The highest BCUT2D eigenvalue weighted by atomic mass is 32.1. The van der Waals surface area contributed by atoms with Gasteiger partial charge < -0.3 is 0 Å². The lowest BCUT2D eigenvalue weighted by Crippen LogP contribution is -1.98. The number of hydrogen-bond acceptors (Lipinski definition) is 2. The van der Waals surface area contributed by atoms with Crippen molar-refractivity contribution in [1.29, 1.82) is 0 Å². The molecule has 0 aliphatic carbocycles. The van der Waals surface area contributed by atoms with Crippen LogP contribution in [0.5, 0.6) is 0 Å². The maximum atomic E-state index is 13.1. The first-order valence-corrected chi connectivity index (χ1v) is 8.03. The van der Waals surface area contributed by atoms with E-state index in [1.165, 1.54) is 12.1 Å². The van der Waals surface area contributed by atoms with Crippen LogP contribution in [0.15, 0.2) is 66.7 Å². The van der Waals surface area contributed by atoms with Crippen LogP contribution in [0, 0.1) is 5.82 Å². The molecule has 3 aromatic carbocycles. The molecule has 0 fully saturated rings. The van der Waals surface area contributed by atoms with Crippen molar-refractivity contribution < 1.29 is 4.39 Å². The van der Waals surface area contributed by atoms with Crippen molar-refractivity contribution >= 4 is 34.9 Å². The Morgan fingerprint density at radius 3 is 2.17 bits per heavy atom. The number of fused-ring (bicyclic) bond motifs is 1. The SMILES string of the molecule is [B]c1ccc(-c2nc3cc(-c4ccc(F)cc4)ccc3s2)cc1. The van der Waals surface area contributed by atoms with E-state index in [-0.39, 0.29) is 5.82 Å². The smallest absolute Gasteiger partial charge is 0.124 e. The van der Waals surface area contributed by atoms with Gasteiger partial charge in [0.15, 0.2) is 0 Å². The third-order valence-electron chi connectivity index (χ3n) is 3.72. The molecule has 4 heteroatoms. The first kappa shape index (κ1) is 14.2. The van der Waals surface area contributed by atoms with Gasteiger partial charge in [0.1, 0.15) is 18.7 Å². The summed E-state index contributed by atoms with van der Waals surface area (Å²) in [6.07, 6.45) is 0. The van der Waals surface area contributed by atoms with Crippen molar-refractivity contribution in [2.24, 2.45) is 0 Å². The quantitative estimate of drug-likeness (QED) is 0.494. The molecule has 0 amide bonds. The van der Waals surface area contributed by atoms with Gasteiger partial charge in [0.05, 0.1) is 10.2 Å². The van der Waals surface area contributed by atoms with Gasteiger partial charge >= 0.3 is 0 Å². The van der Waals surface area contributed by atoms with Crippen LogP contribution >= 0.6 is 11.3 Å². The molecule has 1 heterocycles. The second-order valence-corrected chi connectivity index (χ2v) is 6.36. The molecule has 0 unspecified atom stereocenters. The van der Waals surface area contributed by atoms with Gasteiger partial charge in [-0.25, -0.2) is 9.37 Å². The Morgan fingerprint density at radius 2 is 1.43 bits per heavy atom. The fraction of sp³-hybridized carbons (Fsp3) is 0. The number of thiazole rings is 1. The lowest BCUT2D eigenvalue weighted by Gasteiger charge is -2.01. The van der Waals surface area contributed by atoms with Gasteiger partial charge in [-0.3, -0.25) is 0 Å². The molecule has 0 aliphatic heterocycles. The molecule has 0 saturated heterocycles. The summed E-state index contributed by atoms with van der Waals surface area (Å²) in [6.45, 7) is 0. The zero-order valence-corrected chi connectivity index (χ0v) is 13.0. The van der Waals surface area contributed by atoms with Crippen LogP contribution in [0.2, 0.25) is 0 Å². The Kier molecular flexibility index (Phi) is 3.47. The molecule has 108 valence electrons. The second-order valence-electron chi connectivity index (χ2n) is 5.33. The monoisotopic (exact) mass is 315 g/mol. The Labute approximate surface area is 138 Å². The summed E-state index contributed by atoms with van der Waals surface area (Å²) in [5, 5.41) is 0.969. The summed E-state index contributed by atoms with van der Waals surface area (Å²) < 4.78 is 14.2. The van der Waals surface area contributed by atoms with Crippen LogP contribution in [0.1, 0.15) is 0 Å². The zero-order valence-electron chi connectivity index (χ0n) is 12.2. The van der Waals surface area contributed by atoms with Crippen molar-refractivity contribution in [3.63, 3.8) is 0 Å². The number of benzene rings is 3. The summed E-state index contributed by atoms with van der Waals surface area (Å²) in [5.41, 5.74) is 4.77. The average molecular weight is 315 g/mol. The predicted molar refractivity (Wildman–Crippen MR) is 95.8 cm³/mol. The van der Waals surface area contributed by atoms with E-state index in [0.717, 1.165) is 37.4 Å². The standard InChI is InChI=1S/C19H11BFNS/c20-15-6-1-13(2-7-15)19-22-17-11-14(5-10-18(17)23-19)12-3-8-16(21)9-4-12/h1-11H. The van der Waals surface area contributed by atoms with Crippen molar-refractivity contribution in [3.05, 3.63) is 72.5 Å². The largest absolute Gasteiger partial charge is 0.236 e. The van der Waals surface area contributed by atoms with Crippen LogP contribution in [0.25, 0.3) is 31.9 Å². The fourth-order valence-corrected chi connectivity index (χ4v) is 3.45. The topological polar surface area (TPSA) is 12.9 Å². The average Bonchev–Trinajstić information content (AvgIpc) is 2.99. The van der Waals surface area contributed by atoms with E-state index in [0.29, 0.717) is 0 Å². The van der Waals surface area contributed by atoms with Crippen LogP contribution in [-0.2, 0) is 0 Å². The van der Waals surface area contributed by atoms with Gasteiger partial charge in [-0.15, -0.1) is 11.3 Å². The van der Waals surface area contributed by atoms with Crippen molar-refractivity contribution in [2.45, 2.75) is 0 Å². The highest BCUT2D eigenvalue weighted by Crippen LogP contribution is 2.32. The van der Waals surface area contributed by atoms with E-state index in [9.17, 15) is 4.39 Å². The van der Waals surface area contributed by atoms with E-state index < -0.39 is 0 Å². The Morgan fingerprint density at radius 1 is 0.783 bits per heavy atom. The molecule has 0 N–H and O–H groups in total. The third kappa shape index (κ3) is 2.78. The molecular formula is C19H11BFNS. The molecule has 0 saturated carbocycles. The molecular weight excluding hydrogens is 304 g/mol. The van der Waals surface area contributed by atoms with Crippen molar-refractivity contribution in [2.75, 3.05) is 0 Å². The Balaban J connectivity index is 1.77. The number of halogens is 1. The van der Waals surface area contributed by atoms with Crippen LogP contribution in [-0.4, -0.2) is 12.8 Å². The molecule has 4 aromatic rings. The number of rotatable bonds is 2. The highest BCUT2D eigenvalue weighted by Gasteiger charge is 2.08. The highest BCUT2D eigenvalue weighted by molar-refractivity contribution is 7.21. The number of nitrogens with zero attached hydrogens (tertiary/aromatic N) is 1. The maximum Gasteiger partial charge on any atom is 0.124 e. The van der Waals surface area contributed by atoms with Gasteiger partial charge in [0.25, 0.3) is 0 Å². The summed E-state index contributed by atoms with van der Waals surface area (Å²) in [7, 11) is 5.73. The zero-order chi connectivity index (χ0) is 15.8. The first-order chi connectivity index (χ1) is 11.2. The lowest BCUT2D eigenvalue weighted by atomic mass is 9.95. The third-order valence-corrected chi connectivity index (χ3v) is 4.81. The summed E-state index contributed by atoms with van der Waals surface area (Å²) in [5.74, 6) is -0.228. The van der Waals surface area contributed by atoms with Crippen molar-refractivity contribution in [3.8, 4) is 21.7 Å². The Hall–Kier alpha value is -2.46. The molecule has 0 aliphatic rings. The van der Waals surface area contributed by atoms with E-state index in [1.807, 2.05) is 36.4 Å². The second kappa shape index (κ2) is 5.63. The number of aromatic nitrogens is 1. The van der Waals surface area contributed by atoms with Gasteiger partial charge in [-0.2, -0.15) is 0 Å². The number of hydrogen-bond donors (Lipinski definition) is 0. The molecule has 4 rings (SSSR count). The van der Waals surface area contributed by atoms with Gasteiger partial charge in [0, 0.05) is 5.56 Å². The molecule has 2 radical (unpaired) electrons. The van der Waals surface area contributed by atoms with E-state index >= 15 is 0 Å².